The van der Waals surface area contributed by atoms with Gasteiger partial charge in [-0.1, -0.05) is 40.5 Å². The summed E-state index contributed by atoms with van der Waals surface area (Å²) in [5.74, 6) is 0. The highest BCUT2D eigenvalue weighted by Crippen LogP contribution is 2.31. The van der Waals surface area contributed by atoms with Crippen LogP contribution in [0.2, 0.25) is 5.02 Å². The first kappa shape index (κ1) is 17.0. The second kappa shape index (κ2) is 7.27. The van der Waals surface area contributed by atoms with Gasteiger partial charge in [-0.15, -0.1) is 0 Å². The van der Waals surface area contributed by atoms with E-state index in [1.807, 2.05) is 30.9 Å². The number of likely N-dealkylation sites (N-methyl/N-ethyl adjacent to an activating group) is 1. The Kier molecular flexibility index (Phi) is 5.88. The van der Waals surface area contributed by atoms with E-state index in [0.717, 1.165) is 38.1 Å². The van der Waals surface area contributed by atoms with Gasteiger partial charge in [-0.25, -0.2) is 0 Å². The van der Waals surface area contributed by atoms with Crippen LogP contribution in [0.5, 0.6) is 0 Å². The van der Waals surface area contributed by atoms with Crippen LogP contribution in [0.15, 0.2) is 27.1 Å². The minimum atomic E-state index is 0.141. The van der Waals surface area contributed by atoms with E-state index >= 15 is 0 Å². The number of nitrogens with zero attached hydrogens (tertiary/aromatic N) is 2. The molecule has 0 spiro atoms. The molecule has 0 saturated carbocycles. The highest BCUT2D eigenvalue weighted by atomic mass is 79.9. The maximum absolute atomic E-state index is 6.38. The molecule has 3 nitrogen and oxygen atoms in total. The maximum Gasteiger partial charge on any atom is 0.0766 e. The van der Waals surface area contributed by atoms with Crippen molar-refractivity contribution < 1.29 is 0 Å². The van der Waals surface area contributed by atoms with Crippen molar-refractivity contribution in [1.29, 1.82) is 0 Å². The van der Waals surface area contributed by atoms with E-state index in [2.05, 4.69) is 55.3 Å². The molecular weight excluding hydrogens is 417 g/mol. The monoisotopic (exact) mass is 433 g/mol. The van der Waals surface area contributed by atoms with Gasteiger partial charge in [0.2, 0.25) is 0 Å². The van der Waals surface area contributed by atoms with Gasteiger partial charge in [0.1, 0.15) is 0 Å². The lowest BCUT2D eigenvalue weighted by Gasteiger charge is -2.18. The Balaban J connectivity index is 2.33. The van der Waals surface area contributed by atoms with Gasteiger partial charge in [-0.05, 0) is 47.1 Å². The number of rotatable bonds is 5. The predicted octanol–water partition coefficient (Wildman–Crippen LogP) is 4.66. The number of aromatic nitrogens is 2. The minimum absolute atomic E-state index is 0.141. The van der Waals surface area contributed by atoms with Gasteiger partial charge in [0, 0.05) is 29.0 Å². The summed E-state index contributed by atoms with van der Waals surface area (Å²) >= 11 is 13.5. The summed E-state index contributed by atoms with van der Waals surface area (Å²) in [5, 5.41) is 8.66. The number of nitrogens with one attached hydrogen (secondary N) is 1. The summed E-state index contributed by atoms with van der Waals surface area (Å²) < 4.78 is 4.03. The standard InChI is InChI=1S/C15H18Br2ClN3/c1-4-12-15(17)14(21(3)20-12)8-13(19-2)10-6-5-9(16)7-11(10)18/h5-7,13,19H,4,8H2,1-3H3. The molecule has 0 saturated heterocycles. The van der Waals surface area contributed by atoms with Crippen molar-refractivity contribution in [2.45, 2.75) is 25.8 Å². The fourth-order valence-corrected chi connectivity index (χ4v) is 3.97. The van der Waals surface area contributed by atoms with Crippen LogP contribution < -0.4 is 5.32 Å². The Hall–Kier alpha value is -0.360. The Morgan fingerprint density at radius 2 is 2.10 bits per heavy atom. The molecule has 6 heteroatoms. The number of aryl methyl sites for hydroxylation is 2. The highest BCUT2D eigenvalue weighted by molar-refractivity contribution is 9.10. The lowest BCUT2D eigenvalue weighted by Crippen LogP contribution is -2.20. The quantitative estimate of drug-likeness (QED) is 0.740. The number of hydrogen-bond acceptors (Lipinski definition) is 2. The van der Waals surface area contributed by atoms with Crippen molar-refractivity contribution in [2.75, 3.05) is 7.05 Å². The molecule has 21 heavy (non-hydrogen) atoms. The Morgan fingerprint density at radius 1 is 1.38 bits per heavy atom. The van der Waals surface area contributed by atoms with Gasteiger partial charge in [0.25, 0.3) is 0 Å². The molecule has 1 heterocycles. The lowest BCUT2D eigenvalue weighted by molar-refractivity contribution is 0.560. The third-order valence-corrected chi connectivity index (χ3v) is 5.32. The zero-order valence-corrected chi connectivity index (χ0v) is 16.2. The molecule has 1 unspecified atom stereocenters. The van der Waals surface area contributed by atoms with Gasteiger partial charge >= 0.3 is 0 Å². The molecule has 1 N–H and O–H groups in total. The first-order valence-electron chi connectivity index (χ1n) is 6.80. The van der Waals surface area contributed by atoms with E-state index in [0.29, 0.717) is 0 Å². The molecule has 0 radical (unpaired) electrons. The maximum atomic E-state index is 6.38. The van der Waals surface area contributed by atoms with Crippen molar-refractivity contribution in [3.8, 4) is 0 Å². The van der Waals surface area contributed by atoms with Gasteiger partial charge in [-0.2, -0.15) is 5.10 Å². The largest absolute Gasteiger partial charge is 0.313 e. The SMILES string of the molecule is CCc1nn(C)c(CC(NC)c2ccc(Br)cc2Cl)c1Br. The summed E-state index contributed by atoms with van der Waals surface area (Å²) in [6.45, 7) is 2.11. The van der Waals surface area contributed by atoms with Crippen LogP contribution in [-0.2, 0) is 19.9 Å². The number of benzene rings is 1. The summed E-state index contributed by atoms with van der Waals surface area (Å²) in [6.07, 6.45) is 1.74. The van der Waals surface area contributed by atoms with Crippen molar-refractivity contribution in [2.24, 2.45) is 7.05 Å². The zero-order chi connectivity index (χ0) is 15.6. The van der Waals surface area contributed by atoms with Crippen LogP contribution in [0, 0.1) is 0 Å². The Bertz CT molecular complexity index is 640. The Labute approximate surface area is 147 Å². The summed E-state index contributed by atoms with van der Waals surface area (Å²) in [6, 6.07) is 6.14. The minimum Gasteiger partial charge on any atom is -0.313 e. The number of halogens is 3. The second-order valence-corrected chi connectivity index (χ2v) is 7.01. The summed E-state index contributed by atoms with van der Waals surface area (Å²) in [7, 11) is 3.93. The van der Waals surface area contributed by atoms with Gasteiger partial charge in [-0.3, -0.25) is 4.68 Å². The normalized spacial score (nSPS) is 12.7. The predicted molar refractivity (Wildman–Crippen MR) is 94.9 cm³/mol. The van der Waals surface area contributed by atoms with E-state index in [1.165, 1.54) is 5.69 Å². The van der Waals surface area contributed by atoms with E-state index in [4.69, 9.17) is 11.6 Å². The van der Waals surface area contributed by atoms with Crippen LogP contribution in [0.25, 0.3) is 0 Å². The van der Waals surface area contributed by atoms with Crippen LogP contribution in [0.1, 0.15) is 29.9 Å². The first-order valence-corrected chi connectivity index (χ1v) is 8.76. The van der Waals surface area contributed by atoms with Crippen molar-refractivity contribution in [1.82, 2.24) is 15.1 Å². The van der Waals surface area contributed by atoms with Crippen molar-refractivity contribution >= 4 is 43.5 Å². The average molecular weight is 436 g/mol. The van der Waals surface area contributed by atoms with Crippen LogP contribution in [0.4, 0.5) is 0 Å². The zero-order valence-electron chi connectivity index (χ0n) is 12.3. The molecule has 0 aliphatic rings. The molecule has 0 amide bonds. The van der Waals surface area contributed by atoms with E-state index in [1.54, 1.807) is 0 Å². The van der Waals surface area contributed by atoms with E-state index in [9.17, 15) is 0 Å². The van der Waals surface area contributed by atoms with Gasteiger partial charge in [0.05, 0.1) is 15.9 Å². The average Bonchev–Trinajstić information content (AvgIpc) is 2.72. The fourth-order valence-electron chi connectivity index (χ4n) is 2.39. The van der Waals surface area contributed by atoms with Gasteiger partial charge in [0.15, 0.2) is 0 Å². The van der Waals surface area contributed by atoms with Gasteiger partial charge < -0.3 is 5.32 Å². The topological polar surface area (TPSA) is 29.9 Å². The molecule has 1 aromatic heterocycles. The third-order valence-electron chi connectivity index (χ3n) is 3.59. The molecule has 114 valence electrons. The molecule has 2 rings (SSSR count). The molecule has 0 bridgehead atoms. The van der Waals surface area contributed by atoms with Crippen LogP contribution in [0.3, 0.4) is 0 Å². The van der Waals surface area contributed by atoms with E-state index in [-0.39, 0.29) is 6.04 Å². The van der Waals surface area contributed by atoms with Crippen LogP contribution >= 0.6 is 43.5 Å². The summed E-state index contributed by atoms with van der Waals surface area (Å²) in [5.41, 5.74) is 3.35. The molecule has 1 aromatic carbocycles. The molecule has 0 aliphatic heterocycles. The first-order chi connectivity index (χ1) is 9.97. The molecule has 1 atom stereocenters. The smallest absolute Gasteiger partial charge is 0.0766 e. The second-order valence-electron chi connectivity index (χ2n) is 4.90. The van der Waals surface area contributed by atoms with Crippen LogP contribution in [-0.4, -0.2) is 16.8 Å². The highest BCUT2D eigenvalue weighted by Gasteiger charge is 2.19. The van der Waals surface area contributed by atoms with Crippen molar-refractivity contribution in [3.63, 3.8) is 0 Å². The van der Waals surface area contributed by atoms with E-state index < -0.39 is 0 Å². The molecule has 0 aliphatic carbocycles. The lowest BCUT2D eigenvalue weighted by atomic mass is 10.0. The Morgan fingerprint density at radius 3 is 2.62 bits per heavy atom. The fraction of sp³-hybridized carbons (Fsp3) is 0.400. The molecule has 2 aromatic rings. The molecular formula is C15H18Br2ClN3. The number of hydrogen-bond donors (Lipinski definition) is 1. The third kappa shape index (κ3) is 3.70. The van der Waals surface area contributed by atoms with Crippen molar-refractivity contribution in [3.05, 3.63) is 49.1 Å². The summed E-state index contributed by atoms with van der Waals surface area (Å²) in [4.78, 5) is 0. The molecule has 0 fully saturated rings.